The van der Waals surface area contributed by atoms with Gasteiger partial charge in [0.05, 0.1) is 17.3 Å². The number of nitrogens with zero attached hydrogens (tertiary/aromatic N) is 3. The second-order valence-electron chi connectivity index (χ2n) is 8.46. The molecule has 1 aliphatic carbocycles. The van der Waals surface area contributed by atoms with Gasteiger partial charge in [-0.1, -0.05) is 19.8 Å². The van der Waals surface area contributed by atoms with Gasteiger partial charge in [-0.05, 0) is 43.9 Å². The largest absolute Gasteiger partial charge is 0.339 e. The molecule has 0 bridgehead atoms. The van der Waals surface area contributed by atoms with Gasteiger partial charge in [-0.2, -0.15) is 4.31 Å². The molecule has 1 aromatic carbocycles. The molecule has 2 aliphatic rings. The number of likely N-dealkylation sites (tertiary alicyclic amines) is 1. The molecule has 1 saturated heterocycles. The summed E-state index contributed by atoms with van der Waals surface area (Å²) in [5.41, 5.74) is 2.00. The molecule has 0 radical (unpaired) electrons. The highest BCUT2D eigenvalue weighted by Gasteiger charge is 2.31. The van der Waals surface area contributed by atoms with Crippen molar-refractivity contribution < 1.29 is 13.2 Å². The van der Waals surface area contributed by atoms with Crippen LogP contribution in [0, 0.1) is 0 Å². The highest BCUT2D eigenvalue weighted by molar-refractivity contribution is 7.88. The van der Waals surface area contributed by atoms with Crippen LogP contribution in [0.15, 0.2) is 23.0 Å². The smallest absolute Gasteiger partial charge is 0.326 e. The topological polar surface area (TPSA) is 95.5 Å². The lowest BCUT2D eigenvalue weighted by molar-refractivity contribution is 0.0681. The summed E-state index contributed by atoms with van der Waals surface area (Å²) < 4.78 is 27.3. The number of nitrogens with one attached hydrogen (secondary N) is 1. The lowest BCUT2D eigenvalue weighted by atomic mass is 10.0. The van der Waals surface area contributed by atoms with E-state index in [2.05, 4.69) is 4.98 Å². The van der Waals surface area contributed by atoms with Crippen molar-refractivity contribution >= 4 is 27.0 Å². The van der Waals surface area contributed by atoms with Gasteiger partial charge in [0.15, 0.2) is 0 Å². The van der Waals surface area contributed by atoms with Gasteiger partial charge >= 0.3 is 5.69 Å². The van der Waals surface area contributed by atoms with Crippen molar-refractivity contribution in [2.24, 2.45) is 0 Å². The Kier molecular flexibility index (Phi) is 5.76. The van der Waals surface area contributed by atoms with Crippen LogP contribution in [0.4, 0.5) is 0 Å². The number of hydrogen-bond donors (Lipinski definition) is 1. The molecule has 30 heavy (non-hydrogen) atoms. The molecule has 9 heteroatoms. The number of aromatic amines is 1. The average molecular weight is 435 g/mol. The lowest BCUT2D eigenvalue weighted by Gasteiger charge is -2.36. The van der Waals surface area contributed by atoms with Gasteiger partial charge in [0.1, 0.15) is 0 Å². The lowest BCUT2D eigenvalue weighted by Crippen LogP contribution is -2.48. The summed E-state index contributed by atoms with van der Waals surface area (Å²) in [4.78, 5) is 30.2. The predicted molar refractivity (Wildman–Crippen MR) is 116 cm³/mol. The second kappa shape index (κ2) is 8.19. The van der Waals surface area contributed by atoms with E-state index in [0.717, 1.165) is 31.2 Å². The minimum absolute atomic E-state index is 0.0617. The molecule has 1 amide bonds. The molecule has 2 heterocycles. The van der Waals surface area contributed by atoms with E-state index in [9.17, 15) is 18.0 Å². The number of aromatic nitrogens is 2. The molecule has 0 unspecified atom stereocenters. The first-order chi connectivity index (χ1) is 14.3. The molecular formula is C21H30N4O4S. The van der Waals surface area contributed by atoms with Gasteiger partial charge in [-0.15, -0.1) is 0 Å². The first-order valence-electron chi connectivity index (χ1n) is 10.8. The number of amides is 1. The third kappa shape index (κ3) is 3.92. The van der Waals surface area contributed by atoms with Crippen LogP contribution in [-0.4, -0.2) is 65.0 Å². The summed E-state index contributed by atoms with van der Waals surface area (Å²) in [6.45, 7) is 3.33. The standard InChI is InChI=1S/C21H30N4O4S/c1-3-24(30(2,28)29)16-10-12-23(13-11-16)20(26)15-8-9-19-18(14-15)22-21(27)25(19)17-6-4-5-7-17/h8-9,14,16-17H,3-7,10-13H2,1-2H3,(H,22,27). The average Bonchev–Trinajstić information content (AvgIpc) is 3.33. The van der Waals surface area contributed by atoms with Crippen LogP contribution in [0.1, 0.15) is 61.8 Å². The van der Waals surface area contributed by atoms with Crippen LogP contribution in [0.25, 0.3) is 11.0 Å². The zero-order valence-electron chi connectivity index (χ0n) is 17.6. The molecule has 1 aliphatic heterocycles. The Morgan fingerprint density at radius 1 is 1.17 bits per heavy atom. The number of carbonyl (C=O) groups excluding carboxylic acids is 1. The minimum Gasteiger partial charge on any atom is -0.339 e. The fraction of sp³-hybridized carbons (Fsp3) is 0.619. The number of benzene rings is 1. The van der Waals surface area contributed by atoms with Gasteiger partial charge in [0.25, 0.3) is 5.91 Å². The number of hydrogen-bond acceptors (Lipinski definition) is 4. The van der Waals surface area contributed by atoms with Crippen molar-refractivity contribution in [1.29, 1.82) is 0 Å². The van der Waals surface area contributed by atoms with E-state index in [1.165, 1.54) is 10.6 Å². The van der Waals surface area contributed by atoms with Crippen LogP contribution in [-0.2, 0) is 10.0 Å². The molecule has 2 fully saturated rings. The van der Waals surface area contributed by atoms with E-state index in [0.29, 0.717) is 43.6 Å². The molecule has 1 saturated carbocycles. The van der Waals surface area contributed by atoms with Crippen LogP contribution in [0.5, 0.6) is 0 Å². The molecule has 8 nitrogen and oxygen atoms in total. The SMILES string of the molecule is CCN(C1CCN(C(=O)c2ccc3c(c2)[nH]c(=O)n3C2CCCC2)CC1)S(C)(=O)=O. The number of carbonyl (C=O) groups is 1. The van der Waals surface area contributed by atoms with Crippen molar-refractivity contribution in [2.45, 2.75) is 57.5 Å². The number of fused-ring (bicyclic) bond motifs is 1. The Morgan fingerprint density at radius 2 is 1.83 bits per heavy atom. The maximum Gasteiger partial charge on any atom is 0.326 e. The fourth-order valence-electron chi connectivity index (χ4n) is 5.09. The van der Waals surface area contributed by atoms with Crippen LogP contribution >= 0.6 is 0 Å². The van der Waals surface area contributed by atoms with Crippen molar-refractivity contribution in [1.82, 2.24) is 18.8 Å². The van der Waals surface area contributed by atoms with Crippen LogP contribution in [0.2, 0.25) is 0 Å². The number of imidazole rings is 1. The Balaban J connectivity index is 1.50. The van der Waals surface area contributed by atoms with E-state index in [-0.39, 0.29) is 23.7 Å². The van der Waals surface area contributed by atoms with Gasteiger partial charge in [0.2, 0.25) is 10.0 Å². The highest BCUT2D eigenvalue weighted by atomic mass is 32.2. The third-order valence-corrected chi connectivity index (χ3v) is 7.96. The summed E-state index contributed by atoms with van der Waals surface area (Å²) in [5, 5.41) is 0. The summed E-state index contributed by atoms with van der Waals surface area (Å²) in [6, 6.07) is 5.61. The minimum atomic E-state index is -3.24. The van der Waals surface area contributed by atoms with Crippen molar-refractivity contribution in [2.75, 3.05) is 25.9 Å². The third-order valence-electron chi connectivity index (χ3n) is 6.55. The normalized spacial score (nSPS) is 19.2. The maximum atomic E-state index is 13.0. The van der Waals surface area contributed by atoms with E-state index in [1.807, 2.05) is 17.6 Å². The van der Waals surface area contributed by atoms with E-state index < -0.39 is 10.0 Å². The molecule has 164 valence electrons. The van der Waals surface area contributed by atoms with E-state index in [4.69, 9.17) is 0 Å². The maximum absolute atomic E-state index is 13.0. The predicted octanol–water partition coefficient (Wildman–Crippen LogP) is 2.33. The Labute approximate surface area is 176 Å². The molecule has 0 spiro atoms. The Hall–Kier alpha value is -2.13. The molecule has 4 rings (SSSR count). The number of sulfonamides is 1. The van der Waals surface area contributed by atoms with Crippen molar-refractivity contribution in [3.05, 3.63) is 34.2 Å². The van der Waals surface area contributed by atoms with Crippen molar-refractivity contribution in [3.63, 3.8) is 0 Å². The molecule has 1 aromatic heterocycles. The van der Waals surface area contributed by atoms with Gasteiger partial charge in [-0.3, -0.25) is 9.36 Å². The second-order valence-corrected chi connectivity index (χ2v) is 10.4. The summed E-state index contributed by atoms with van der Waals surface area (Å²) in [6.07, 6.45) is 6.82. The number of piperidine rings is 1. The van der Waals surface area contributed by atoms with Crippen molar-refractivity contribution in [3.8, 4) is 0 Å². The number of rotatable bonds is 5. The first kappa shape index (κ1) is 21.1. The van der Waals surface area contributed by atoms with Crippen LogP contribution < -0.4 is 5.69 Å². The van der Waals surface area contributed by atoms with Crippen LogP contribution in [0.3, 0.4) is 0 Å². The zero-order chi connectivity index (χ0) is 21.5. The van der Waals surface area contributed by atoms with Gasteiger partial charge in [0, 0.05) is 37.3 Å². The van der Waals surface area contributed by atoms with Gasteiger partial charge < -0.3 is 9.88 Å². The first-order valence-corrected chi connectivity index (χ1v) is 12.6. The quantitative estimate of drug-likeness (QED) is 0.781. The zero-order valence-corrected chi connectivity index (χ0v) is 18.5. The number of H-pyrrole nitrogens is 1. The summed E-state index contributed by atoms with van der Waals surface area (Å²) in [5.74, 6) is -0.0766. The summed E-state index contributed by atoms with van der Waals surface area (Å²) >= 11 is 0. The van der Waals surface area contributed by atoms with Gasteiger partial charge in [-0.25, -0.2) is 13.2 Å². The van der Waals surface area contributed by atoms with E-state index >= 15 is 0 Å². The monoisotopic (exact) mass is 434 g/mol. The molecule has 0 atom stereocenters. The summed E-state index contributed by atoms with van der Waals surface area (Å²) in [7, 11) is -3.24. The molecule has 1 N–H and O–H groups in total. The Bertz CT molecular complexity index is 1090. The molecular weight excluding hydrogens is 404 g/mol. The fourth-order valence-corrected chi connectivity index (χ4v) is 6.31. The Morgan fingerprint density at radius 3 is 2.43 bits per heavy atom. The highest BCUT2D eigenvalue weighted by Crippen LogP contribution is 2.31. The van der Waals surface area contributed by atoms with E-state index in [1.54, 1.807) is 17.0 Å². The molecule has 2 aromatic rings.